The second-order valence-corrected chi connectivity index (χ2v) is 13.2. The molecule has 1 saturated heterocycles. The Balaban J connectivity index is 1.78. The van der Waals surface area contributed by atoms with Gasteiger partial charge in [0.2, 0.25) is 10.0 Å². The SMILES string of the molecule is CC(C)(C)[N+]1(C(=O)[O-])C[C@H](NS(=O)(=O)c2cc(Br)ccc2Br)C[C@@H]1COC(=O)NCc1ccccc1. The minimum Gasteiger partial charge on any atom is -0.498 e. The molecule has 1 aliphatic heterocycles. The molecule has 1 fully saturated rings. The summed E-state index contributed by atoms with van der Waals surface area (Å²) < 4.78 is 34.8. The average molecular weight is 647 g/mol. The second-order valence-electron chi connectivity index (χ2n) is 9.71. The largest absolute Gasteiger partial charge is 0.498 e. The van der Waals surface area contributed by atoms with E-state index in [0.29, 0.717) is 8.95 Å². The van der Waals surface area contributed by atoms with Crippen molar-refractivity contribution in [2.75, 3.05) is 13.2 Å². The average Bonchev–Trinajstić information content (AvgIpc) is 3.17. The van der Waals surface area contributed by atoms with Crippen LogP contribution in [0.15, 0.2) is 62.4 Å². The fraction of sp³-hybridized carbons (Fsp3) is 0.417. The van der Waals surface area contributed by atoms with E-state index in [0.717, 1.165) is 5.56 Å². The van der Waals surface area contributed by atoms with E-state index in [1.165, 1.54) is 6.07 Å². The summed E-state index contributed by atoms with van der Waals surface area (Å²) in [6.07, 6.45) is -1.90. The molecule has 9 nitrogen and oxygen atoms in total. The van der Waals surface area contributed by atoms with E-state index in [1.807, 2.05) is 30.3 Å². The minimum atomic E-state index is -3.98. The number of halogens is 2. The molecule has 1 aliphatic rings. The Morgan fingerprint density at radius 3 is 2.42 bits per heavy atom. The van der Waals surface area contributed by atoms with Crippen molar-refractivity contribution < 1.29 is 32.3 Å². The van der Waals surface area contributed by atoms with Gasteiger partial charge in [0.1, 0.15) is 19.2 Å². The highest BCUT2D eigenvalue weighted by molar-refractivity contribution is 9.11. The molecule has 0 bridgehead atoms. The van der Waals surface area contributed by atoms with Gasteiger partial charge < -0.3 is 20.0 Å². The van der Waals surface area contributed by atoms with Gasteiger partial charge in [-0.3, -0.25) is 4.48 Å². The van der Waals surface area contributed by atoms with Crippen LogP contribution < -0.4 is 15.1 Å². The van der Waals surface area contributed by atoms with Crippen LogP contribution in [-0.2, 0) is 21.3 Å². The molecule has 3 rings (SSSR count). The Morgan fingerprint density at radius 2 is 1.81 bits per heavy atom. The van der Waals surface area contributed by atoms with Crippen LogP contribution in [0.2, 0.25) is 0 Å². The Bertz CT molecular complexity index is 1220. The van der Waals surface area contributed by atoms with Crippen LogP contribution in [0.4, 0.5) is 9.59 Å². The molecule has 2 aromatic carbocycles. The molecule has 0 aromatic heterocycles. The molecule has 36 heavy (non-hydrogen) atoms. The number of sulfonamides is 1. The van der Waals surface area contributed by atoms with E-state index in [9.17, 15) is 23.1 Å². The van der Waals surface area contributed by atoms with Crippen LogP contribution in [0.1, 0.15) is 32.8 Å². The first-order chi connectivity index (χ1) is 16.8. The first kappa shape index (κ1) is 28.6. The zero-order valence-corrected chi connectivity index (χ0v) is 24.2. The van der Waals surface area contributed by atoms with Crippen molar-refractivity contribution in [3.05, 3.63) is 63.0 Å². The molecule has 0 saturated carbocycles. The smallest absolute Gasteiger partial charge is 0.407 e. The maximum Gasteiger partial charge on any atom is 0.407 e. The minimum absolute atomic E-state index is 0.0270. The predicted molar refractivity (Wildman–Crippen MR) is 139 cm³/mol. The number of ether oxygens (including phenoxy) is 1. The van der Waals surface area contributed by atoms with Crippen LogP contribution in [0.25, 0.3) is 0 Å². The van der Waals surface area contributed by atoms with Gasteiger partial charge in [0.25, 0.3) is 6.09 Å². The molecular weight excluding hydrogens is 618 g/mol. The Morgan fingerprint density at radius 1 is 1.14 bits per heavy atom. The summed E-state index contributed by atoms with van der Waals surface area (Å²) in [7, 11) is -3.98. The monoisotopic (exact) mass is 645 g/mol. The zero-order chi connectivity index (χ0) is 26.7. The highest BCUT2D eigenvalue weighted by Gasteiger charge is 2.56. The first-order valence-corrected chi connectivity index (χ1v) is 14.3. The van der Waals surface area contributed by atoms with Gasteiger partial charge in [0, 0.05) is 21.9 Å². The number of nitrogens with one attached hydrogen (secondary N) is 2. The fourth-order valence-corrected chi connectivity index (χ4v) is 7.38. The third-order valence-electron chi connectivity index (χ3n) is 6.40. The molecule has 0 aliphatic carbocycles. The summed E-state index contributed by atoms with van der Waals surface area (Å²) in [6.45, 7) is 5.21. The topological polar surface area (TPSA) is 125 Å². The first-order valence-electron chi connectivity index (χ1n) is 11.3. The summed E-state index contributed by atoms with van der Waals surface area (Å²) in [5.74, 6) is 0. The molecule has 3 atom stereocenters. The number of hydrogen-bond donors (Lipinski definition) is 2. The standard InChI is InChI=1S/C24H29Br2N3O6S/c1-24(2,3)29(23(31)32)14-18(28-36(33,34)21-11-17(25)9-10-20(21)26)12-19(29)15-35-22(30)27-13-16-7-5-4-6-8-16/h4-11,18-19,28H,12-15H2,1-3H3,(H-,27,30,31,32)/t18-,19-,29?/m1/s1. The Labute approximate surface area is 228 Å². The lowest BCUT2D eigenvalue weighted by molar-refractivity contribution is -0.930. The highest BCUT2D eigenvalue weighted by Crippen LogP contribution is 2.37. The fourth-order valence-electron chi connectivity index (χ4n) is 4.64. The van der Waals surface area contributed by atoms with Crippen molar-refractivity contribution in [3.8, 4) is 0 Å². The van der Waals surface area contributed by atoms with E-state index < -0.39 is 44.3 Å². The van der Waals surface area contributed by atoms with E-state index in [4.69, 9.17) is 4.74 Å². The van der Waals surface area contributed by atoms with Crippen LogP contribution in [0, 0.1) is 0 Å². The number of rotatable bonds is 7. The summed E-state index contributed by atoms with van der Waals surface area (Å²) >= 11 is 6.54. The molecule has 2 aromatic rings. The van der Waals surface area contributed by atoms with Gasteiger partial charge in [-0.05, 0) is 60.5 Å². The quantitative estimate of drug-likeness (QED) is 0.444. The van der Waals surface area contributed by atoms with Crippen molar-refractivity contribution in [3.63, 3.8) is 0 Å². The third-order valence-corrected chi connectivity index (χ3v) is 9.41. The maximum atomic E-state index is 13.2. The lowest BCUT2D eigenvalue weighted by Crippen LogP contribution is -2.71. The van der Waals surface area contributed by atoms with Crippen molar-refractivity contribution in [1.82, 2.24) is 10.0 Å². The van der Waals surface area contributed by atoms with Gasteiger partial charge in [-0.15, -0.1) is 0 Å². The van der Waals surface area contributed by atoms with Crippen molar-refractivity contribution >= 4 is 54.1 Å². The van der Waals surface area contributed by atoms with Crippen molar-refractivity contribution in [2.24, 2.45) is 0 Å². The molecule has 0 spiro atoms. The number of alkyl carbamates (subject to hydrolysis) is 1. The van der Waals surface area contributed by atoms with E-state index in [-0.39, 0.29) is 31.0 Å². The van der Waals surface area contributed by atoms with Crippen LogP contribution in [0.3, 0.4) is 0 Å². The zero-order valence-electron chi connectivity index (χ0n) is 20.2. The molecule has 1 unspecified atom stereocenters. The van der Waals surface area contributed by atoms with Gasteiger partial charge >= 0.3 is 6.09 Å². The molecule has 2 amide bonds. The lowest BCUT2D eigenvalue weighted by atomic mass is 10.00. The summed E-state index contributed by atoms with van der Waals surface area (Å²) in [5.41, 5.74) is 0.0299. The summed E-state index contributed by atoms with van der Waals surface area (Å²) in [5, 5.41) is 15.2. The van der Waals surface area contributed by atoms with E-state index in [1.54, 1.807) is 32.9 Å². The van der Waals surface area contributed by atoms with E-state index >= 15 is 0 Å². The molecular formula is C24H29Br2N3O6S. The van der Waals surface area contributed by atoms with E-state index in [2.05, 4.69) is 41.9 Å². The van der Waals surface area contributed by atoms with Gasteiger partial charge in [-0.2, -0.15) is 0 Å². The second kappa shape index (κ2) is 11.2. The summed E-state index contributed by atoms with van der Waals surface area (Å²) in [6, 6.07) is 12.6. The summed E-state index contributed by atoms with van der Waals surface area (Å²) in [4.78, 5) is 24.9. The van der Waals surface area contributed by atoms with Gasteiger partial charge in [-0.1, -0.05) is 46.3 Å². The van der Waals surface area contributed by atoms with Gasteiger partial charge in [0.15, 0.2) is 0 Å². The third kappa shape index (κ3) is 6.28. The lowest BCUT2D eigenvalue weighted by Gasteiger charge is -2.48. The number of hydrogen-bond acceptors (Lipinski definition) is 6. The van der Waals surface area contributed by atoms with Crippen molar-refractivity contribution in [2.45, 2.75) is 56.3 Å². The highest BCUT2D eigenvalue weighted by atomic mass is 79.9. The van der Waals surface area contributed by atoms with Gasteiger partial charge in [-0.25, -0.2) is 17.9 Å². The number of quaternary nitrogens is 1. The molecule has 196 valence electrons. The number of carbonyl (C=O) groups excluding carboxylic acids is 2. The van der Waals surface area contributed by atoms with Crippen LogP contribution in [0.5, 0.6) is 0 Å². The Kier molecular flexibility index (Phi) is 8.87. The predicted octanol–water partition coefficient (Wildman–Crippen LogP) is 3.52. The van der Waals surface area contributed by atoms with Crippen molar-refractivity contribution in [1.29, 1.82) is 0 Å². The number of carboxylic acid groups (broad SMARTS) is 1. The number of likely N-dealkylation sites (tertiary alicyclic amines) is 1. The van der Waals surface area contributed by atoms with Gasteiger partial charge in [0.05, 0.1) is 16.5 Å². The van der Waals surface area contributed by atoms with Crippen LogP contribution >= 0.6 is 31.9 Å². The normalized spacial score (nSPS) is 22.2. The van der Waals surface area contributed by atoms with Crippen LogP contribution in [-0.4, -0.2) is 55.9 Å². The molecule has 0 radical (unpaired) electrons. The number of carbonyl (C=O) groups is 2. The molecule has 12 heteroatoms. The molecule has 2 N–H and O–H groups in total. The maximum absolute atomic E-state index is 13.2. The Hall–Kier alpha value is -1.99. The number of amides is 2. The molecule has 1 heterocycles. The number of benzene rings is 2. The number of nitrogens with zero attached hydrogens (tertiary/aromatic N) is 1.